The molecule has 0 heterocycles. The Hall–Kier alpha value is -1.31. The Labute approximate surface area is 136 Å². The summed E-state index contributed by atoms with van der Waals surface area (Å²) in [5.74, 6) is 0.708. The minimum Gasteiger partial charge on any atom is -0.465 e. The molecule has 0 aliphatic rings. The van der Waals surface area contributed by atoms with Gasteiger partial charge in [-0.3, -0.25) is 4.79 Å². The molecule has 0 amide bonds. The molecule has 2 heteroatoms. The van der Waals surface area contributed by atoms with Gasteiger partial charge >= 0.3 is 5.97 Å². The fraction of sp³-hybridized carbons (Fsp3) is 0.650. The Kier molecular flexibility index (Phi) is 8.88. The number of carbonyl (C=O) groups excluding carboxylic acids is 1. The van der Waals surface area contributed by atoms with E-state index in [0.717, 1.165) is 24.3 Å². The van der Waals surface area contributed by atoms with Crippen LogP contribution < -0.4 is 0 Å². The maximum atomic E-state index is 11.9. The zero-order chi connectivity index (χ0) is 16.4. The summed E-state index contributed by atoms with van der Waals surface area (Å²) in [7, 11) is 0. The van der Waals surface area contributed by atoms with Crippen LogP contribution in [0.4, 0.5) is 0 Å². The highest BCUT2D eigenvalue weighted by Gasteiger charge is 2.08. The molecule has 0 fully saturated rings. The van der Waals surface area contributed by atoms with E-state index >= 15 is 0 Å². The molecule has 0 saturated heterocycles. The fourth-order valence-corrected chi connectivity index (χ4v) is 2.58. The molecule has 0 bridgehead atoms. The van der Waals surface area contributed by atoms with Crippen LogP contribution in [0.15, 0.2) is 18.2 Å². The van der Waals surface area contributed by atoms with Gasteiger partial charge in [-0.05, 0) is 42.9 Å². The minimum atomic E-state index is -0.103. The molecule has 1 aromatic rings. The van der Waals surface area contributed by atoms with Gasteiger partial charge in [0, 0.05) is 0 Å². The van der Waals surface area contributed by atoms with Gasteiger partial charge in [0.1, 0.15) is 0 Å². The molecule has 124 valence electrons. The van der Waals surface area contributed by atoms with Crippen LogP contribution >= 0.6 is 0 Å². The van der Waals surface area contributed by atoms with Crippen molar-refractivity contribution in [2.45, 2.75) is 72.6 Å². The van der Waals surface area contributed by atoms with E-state index in [1.165, 1.54) is 36.8 Å². The number of unbranched alkanes of at least 4 members (excludes halogenated alkanes) is 4. The summed E-state index contributed by atoms with van der Waals surface area (Å²) in [6.07, 6.45) is 7.74. The lowest BCUT2D eigenvalue weighted by Crippen LogP contribution is -2.10. The van der Waals surface area contributed by atoms with Crippen LogP contribution in [0.5, 0.6) is 0 Å². The summed E-state index contributed by atoms with van der Waals surface area (Å²) in [6, 6.07) is 6.09. The number of hydrogen-bond donors (Lipinski definition) is 0. The quantitative estimate of drug-likeness (QED) is 0.428. The van der Waals surface area contributed by atoms with Gasteiger partial charge < -0.3 is 4.74 Å². The van der Waals surface area contributed by atoms with Gasteiger partial charge in [0.25, 0.3) is 0 Å². The summed E-state index contributed by atoms with van der Waals surface area (Å²) in [5, 5.41) is 0. The standard InChI is InChI=1S/C20H32O2/c1-16(2)11-8-6-5-7-9-14-22-20(21)15-19-13-10-12-17(3)18(19)4/h10,12-13,16H,5-9,11,14-15H2,1-4H3. The van der Waals surface area contributed by atoms with Crippen molar-refractivity contribution in [3.63, 3.8) is 0 Å². The number of aryl methyl sites for hydroxylation is 1. The first kappa shape index (κ1) is 18.7. The summed E-state index contributed by atoms with van der Waals surface area (Å²) >= 11 is 0. The van der Waals surface area contributed by atoms with Crippen LogP contribution in [-0.2, 0) is 16.0 Å². The van der Waals surface area contributed by atoms with Crippen LogP contribution in [0.3, 0.4) is 0 Å². The molecule has 0 unspecified atom stereocenters. The number of esters is 1. The molecule has 0 aliphatic heterocycles. The maximum absolute atomic E-state index is 11.9. The molecule has 0 aromatic heterocycles. The Balaban J connectivity index is 2.10. The van der Waals surface area contributed by atoms with Crippen molar-refractivity contribution in [2.24, 2.45) is 5.92 Å². The second-order valence-electron chi connectivity index (χ2n) is 6.71. The zero-order valence-electron chi connectivity index (χ0n) is 14.8. The SMILES string of the molecule is Cc1cccc(CC(=O)OCCCCCCCC(C)C)c1C. The normalized spacial score (nSPS) is 11.0. The first-order chi connectivity index (χ1) is 10.5. The summed E-state index contributed by atoms with van der Waals surface area (Å²) in [5.41, 5.74) is 3.51. The third kappa shape index (κ3) is 7.63. The molecule has 0 saturated carbocycles. The van der Waals surface area contributed by atoms with Crippen molar-refractivity contribution < 1.29 is 9.53 Å². The van der Waals surface area contributed by atoms with Crippen molar-refractivity contribution in [3.05, 3.63) is 34.9 Å². The number of ether oxygens (including phenoxy) is 1. The molecule has 0 aliphatic carbocycles. The first-order valence-electron chi connectivity index (χ1n) is 8.71. The predicted octanol–water partition coefficient (Wildman–Crippen LogP) is 5.39. The zero-order valence-corrected chi connectivity index (χ0v) is 14.8. The van der Waals surface area contributed by atoms with Crippen molar-refractivity contribution in [1.82, 2.24) is 0 Å². The summed E-state index contributed by atoms with van der Waals surface area (Å²) in [4.78, 5) is 11.9. The Bertz CT molecular complexity index is 449. The van der Waals surface area contributed by atoms with E-state index in [9.17, 15) is 4.79 Å². The van der Waals surface area contributed by atoms with E-state index in [-0.39, 0.29) is 5.97 Å². The van der Waals surface area contributed by atoms with Gasteiger partial charge in [-0.25, -0.2) is 0 Å². The monoisotopic (exact) mass is 304 g/mol. The topological polar surface area (TPSA) is 26.3 Å². The van der Waals surface area contributed by atoms with Gasteiger partial charge in [-0.2, -0.15) is 0 Å². The summed E-state index contributed by atoms with van der Waals surface area (Å²) in [6.45, 7) is 9.25. The van der Waals surface area contributed by atoms with Crippen LogP contribution in [0, 0.1) is 19.8 Å². The van der Waals surface area contributed by atoms with Crippen LogP contribution in [0.2, 0.25) is 0 Å². The second-order valence-corrected chi connectivity index (χ2v) is 6.71. The Morgan fingerprint density at radius 3 is 2.45 bits per heavy atom. The highest BCUT2D eigenvalue weighted by Crippen LogP contribution is 2.14. The van der Waals surface area contributed by atoms with Gasteiger partial charge in [0.05, 0.1) is 13.0 Å². The Morgan fingerprint density at radius 1 is 1.05 bits per heavy atom. The largest absolute Gasteiger partial charge is 0.465 e. The van der Waals surface area contributed by atoms with Crippen molar-refractivity contribution in [3.8, 4) is 0 Å². The van der Waals surface area contributed by atoms with E-state index < -0.39 is 0 Å². The predicted molar refractivity (Wildman–Crippen MR) is 93.1 cm³/mol. The van der Waals surface area contributed by atoms with Gasteiger partial charge in [-0.15, -0.1) is 0 Å². The lowest BCUT2D eigenvalue weighted by atomic mass is 10.0. The van der Waals surface area contributed by atoms with E-state index in [4.69, 9.17) is 4.74 Å². The maximum Gasteiger partial charge on any atom is 0.310 e. The van der Waals surface area contributed by atoms with Gasteiger partial charge in [0.15, 0.2) is 0 Å². The molecule has 1 aromatic carbocycles. The van der Waals surface area contributed by atoms with E-state index in [0.29, 0.717) is 13.0 Å². The summed E-state index contributed by atoms with van der Waals surface area (Å²) < 4.78 is 5.35. The van der Waals surface area contributed by atoms with Gasteiger partial charge in [-0.1, -0.05) is 64.2 Å². The molecular weight excluding hydrogens is 272 g/mol. The van der Waals surface area contributed by atoms with Crippen LogP contribution in [0.25, 0.3) is 0 Å². The van der Waals surface area contributed by atoms with Crippen LogP contribution in [0.1, 0.15) is 69.1 Å². The third-order valence-electron chi connectivity index (χ3n) is 4.24. The molecule has 0 N–H and O–H groups in total. The minimum absolute atomic E-state index is 0.103. The second kappa shape index (κ2) is 10.4. The van der Waals surface area contributed by atoms with E-state index in [2.05, 4.69) is 33.8 Å². The van der Waals surface area contributed by atoms with Crippen molar-refractivity contribution >= 4 is 5.97 Å². The molecule has 22 heavy (non-hydrogen) atoms. The molecule has 0 spiro atoms. The van der Waals surface area contributed by atoms with Crippen molar-refractivity contribution in [2.75, 3.05) is 6.61 Å². The average Bonchev–Trinajstić information content (AvgIpc) is 2.46. The molecule has 0 radical (unpaired) electrons. The average molecular weight is 304 g/mol. The molecule has 2 nitrogen and oxygen atoms in total. The van der Waals surface area contributed by atoms with Crippen molar-refractivity contribution in [1.29, 1.82) is 0 Å². The number of rotatable bonds is 10. The number of benzene rings is 1. The smallest absolute Gasteiger partial charge is 0.310 e. The third-order valence-corrected chi connectivity index (χ3v) is 4.24. The van der Waals surface area contributed by atoms with E-state index in [1.807, 2.05) is 12.1 Å². The first-order valence-corrected chi connectivity index (χ1v) is 8.71. The highest BCUT2D eigenvalue weighted by molar-refractivity contribution is 5.73. The molecule has 0 atom stereocenters. The highest BCUT2D eigenvalue weighted by atomic mass is 16.5. The van der Waals surface area contributed by atoms with Gasteiger partial charge in [0.2, 0.25) is 0 Å². The Morgan fingerprint density at radius 2 is 1.73 bits per heavy atom. The number of hydrogen-bond acceptors (Lipinski definition) is 2. The lowest BCUT2D eigenvalue weighted by molar-refractivity contribution is -0.142. The number of carbonyl (C=O) groups is 1. The molecular formula is C20H32O2. The molecule has 1 rings (SSSR count). The fourth-order valence-electron chi connectivity index (χ4n) is 2.58. The van der Waals surface area contributed by atoms with Crippen LogP contribution in [-0.4, -0.2) is 12.6 Å². The lowest BCUT2D eigenvalue weighted by Gasteiger charge is -2.09. The van der Waals surface area contributed by atoms with E-state index in [1.54, 1.807) is 0 Å².